The van der Waals surface area contributed by atoms with E-state index in [0.29, 0.717) is 10.6 Å². The lowest BCUT2D eigenvalue weighted by Gasteiger charge is -2.11. The first-order chi connectivity index (χ1) is 11.2. The van der Waals surface area contributed by atoms with Crippen LogP contribution in [0.1, 0.15) is 18.1 Å². The molecule has 2 aromatic rings. The molecule has 4 nitrogen and oxygen atoms in total. The number of carbonyl (C=O) groups is 1. The highest BCUT2D eigenvalue weighted by Gasteiger charge is 2.31. The number of carboxylic acid groups (broad SMARTS) is 1. The van der Waals surface area contributed by atoms with Crippen molar-refractivity contribution >= 4 is 17.7 Å². The summed E-state index contributed by atoms with van der Waals surface area (Å²) in [5, 5.41) is 18.0. The Labute approximate surface area is 140 Å². The number of rotatable bonds is 5. The molecule has 0 aliphatic rings. The van der Waals surface area contributed by atoms with Gasteiger partial charge in [-0.15, -0.1) is 11.8 Å². The van der Waals surface area contributed by atoms with Gasteiger partial charge >= 0.3 is 12.1 Å². The van der Waals surface area contributed by atoms with Crippen molar-refractivity contribution in [2.45, 2.75) is 24.5 Å². The standard InChI is InChI=1S/C16H13F3N2O2S/c1-2-24-13-4-10(3-12(5-13)16(17,18)19)14-8-21(9-15(22)23)7-11(14)6-20/h3-5,7-8H,2,9H2,1H3,(H,22,23). The lowest BCUT2D eigenvalue weighted by molar-refractivity contribution is -0.138. The Kier molecular flexibility index (Phi) is 5.24. The number of thioether (sulfide) groups is 1. The minimum Gasteiger partial charge on any atom is -0.480 e. The fourth-order valence-corrected chi connectivity index (χ4v) is 3.00. The molecule has 0 saturated carbocycles. The van der Waals surface area contributed by atoms with Crippen molar-refractivity contribution in [1.29, 1.82) is 5.26 Å². The number of alkyl halides is 3. The Morgan fingerprint density at radius 2 is 2.04 bits per heavy atom. The summed E-state index contributed by atoms with van der Waals surface area (Å²) in [5.74, 6) is -0.501. The summed E-state index contributed by atoms with van der Waals surface area (Å²) in [6, 6.07) is 5.51. The van der Waals surface area contributed by atoms with Crippen LogP contribution in [0.25, 0.3) is 11.1 Å². The third-order valence-electron chi connectivity index (χ3n) is 3.17. The number of hydrogen-bond acceptors (Lipinski definition) is 3. The molecule has 0 saturated heterocycles. The fourth-order valence-electron chi connectivity index (χ4n) is 2.24. The smallest absolute Gasteiger partial charge is 0.416 e. The number of aliphatic carboxylic acids is 1. The predicted octanol–water partition coefficient (Wildman–Crippen LogP) is 4.24. The summed E-state index contributed by atoms with van der Waals surface area (Å²) >= 11 is 1.26. The van der Waals surface area contributed by atoms with Crippen LogP contribution >= 0.6 is 11.8 Å². The van der Waals surface area contributed by atoms with E-state index in [9.17, 15) is 23.2 Å². The number of nitrogens with zero attached hydrogens (tertiary/aromatic N) is 2. The Bertz CT molecular complexity index is 807. The van der Waals surface area contributed by atoms with Gasteiger partial charge < -0.3 is 9.67 Å². The second kappa shape index (κ2) is 7.01. The highest BCUT2D eigenvalue weighted by molar-refractivity contribution is 7.99. The van der Waals surface area contributed by atoms with Crippen LogP contribution in [0.5, 0.6) is 0 Å². The van der Waals surface area contributed by atoms with Crippen molar-refractivity contribution in [2.24, 2.45) is 0 Å². The normalized spacial score (nSPS) is 11.3. The second-order valence-electron chi connectivity index (χ2n) is 4.94. The molecule has 0 atom stereocenters. The average molecular weight is 354 g/mol. The SMILES string of the molecule is CCSc1cc(-c2cn(CC(=O)O)cc2C#N)cc(C(F)(F)F)c1. The van der Waals surface area contributed by atoms with Crippen molar-refractivity contribution < 1.29 is 23.1 Å². The highest BCUT2D eigenvalue weighted by Crippen LogP contribution is 2.37. The summed E-state index contributed by atoms with van der Waals surface area (Å²) in [6.45, 7) is 1.46. The first-order valence-corrected chi connectivity index (χ1v) is 7.90. The topological polar surface area (TPSA) is 66.0 Å². The van der Waals surface area contributed by atoms with Gasteiger partial charge in [-0.05, 0) is 29.5 Å². The number of nitriles is 1. The van der Waals surface area contributed by atoms with E-state index in [1.807, 2.05) is 13.0 Å². The lowest BCUT2D eigenvalue weighted by Crippen LogP contribution is -2.06. The molecule has 0 unspecified atom stereocenters. The number of halogens is 3. The summed E-state index contributed by atoms with van der Waals surface area (Å²) in [6.07, 6.45) is -1.81. The number of carboxylic acids is 1. The summed E-state index contributed by atoms with van der Waals surface area (Å²) in [4.78, 5) is 11.2. The minimum atomic E-state index is -4.50. The monoisotopic (exact) mass is 354 g/mol. The molecule has 0 radical (unpaired) electrons. The van der Waals surface area contributed by atoms with Gasteiger partial charge in [-0.1, -0.05) is 6.92 Å². The molecule has 0 bridgehead atoms. The molecule has 1 aromatic carbocycles. The Balaban J connectivity index is 2.58. The van der Waals surface area contributed by atoms with E-state index in [4.69, 9.17) is 5.11 Å². The predicted molar refractivity (Wildman–Crippen MR) is 83.6 cm³/mol. The molecule has 1 N–H and O–H groups in total. The molecule has 2 rings (SSSR count). The van der Waals surface area contributed by atoms with Crippen LogP contribution < -0.4 is 0 Å². The van der Waals surface area contributed by atoms with Crippen molar-refractivity contribution in [3.63, 3.8) is 0 Å². The van der Waals surface area contributed by atoms with E-state index < -0.39 is 17.7 Å². The van der Waals surface area contributed by atoms with E-state index in [-0.39, 0.29) is 23.2 Å². The first kappa shape index (κ1) is 17.9. The molecule has 0 amide bonds. The third-order valence-corrected chi connectivity index (χ3v) is 4.03. The maximum absolute atomic E-state index is 13.1. The van der Waals surface area contributed by atoms with Gasteiger partial charge in [0.1, 0.15) is 12.6 Å². The number of benzene rings is 1. The van der Waals surface area contributed by atoms with Gasteiger partial charge in [-0.25, -0.2) is 0 Å². The molecule has 0 fully saturated rings. The van der Waals surface area contributed by atoms with E-state index >= 15 is 0 Å². The van der Waals surface area contributed by atoms with Gasteiger partial charge in [0, 0.05) is 22.9 Å². The van der Waals surface area contributed by atoms with Crippen LogP contribution in [0.4, 0.5) is 13.2 Å². The van der Waals surface area contributed by atoms with Crippen LogP contribution in [-0.2, 0) is 17.5 Å². The molecule has 8 heteroatoms. The zero-order valence-corrected chi connectivity index (χ0v) is 13.4. The van der Waals surface area contributed by atoms with Crippen molar-refractivity contribution in [2.75, 3.05) is 5.75 Å². The number of hydrogen-bond donors (Lipinski definition) is 1. The Morgan fingerprint density at radius 3 is 2.58 bits per heavy atom. The summed E-state index contributed by atoms with van der Waals surface area (Å²) < 4.78 is 40.6. The average Bonchev–Trinajstić information content (AvgIpc) is 2.88. The van der Waals surface area contributed by atoms with Gasteiger partial charge in [-0.2, -0.15) is 18.4 Å². The lowest BCUT2D eigenvalue weighted by atomic mass is 10.0. The molecule has 24 heavy (non-hydrogen) atoms. The third kappa shape index (κ3) is 4.11. The van der Waals surface area contributed by atoms with Gasteiger partial charge in [0.15, 0.2) is 0 Å². The van der Waals surface area contributed by atoms with Crippen molar-refractivity contribution in [3.8, 4) is 17.2 Å². The molecular formula is C16H13F3N2O2S. The second-order valence-corrected chi connectivity index (χ2v) is 6.28. The summed E-state index contributed by atoms with van der Waals surface area (Å²) in [5.41, 5.74) is -0.155. The zero-order chi connectivity index (χ0) is 17.9. The summed E-state index contributed by atoms with van der Waals surface area (Å²) in [7, 11) is 0. The van der Waals surface area contributed by atoms with E-state index in [1.54, 1.807) is 6.07 Å². The highest BCUT2D eigenvalue weighted by atomic mass is 32.2. The minimum absolute atomic E-state index is 0.128. The quantitative estimate of drug-likeness (QED) is 0.816. The van der Waals surface area contributed by atoms with Crippen molar-refractivity contribution in [3.05, 3.63) is 41.7 Å². The largest absolute Gasteiger partial charge is 0.480 e. The van der Waals surface area contributed by atoms with E-state index in [2.05, 4.69) is 0 Å². The van der Waals surface area contributed by atoms with Gasteiger partial charge in [0.05, 0.1) is 11.1 Å². The van der Waals surface area contributed by atoms with Crippen LogP contribution in [0.15, 0.2) is 35.5 Å². The molecule has 0 spiro atoms. The van der Waals surface area contributed by atoms with Crippen LogP contribution in [0.3, 0.4) is 0 Å². The molecule has 0 aliphatic carbocycles. The maximum atomic E-state index is 13.1. The Hall–Kier alpha value is -2.40. The molecular weight excluding hydrogens is 341 g/mol. The molecule has 126 valence electrons. The Morgan fingerprint density at radius 1 is 1.33 bits per heavy atom. The molecule has 0 aliphatic heterocycles. The van der Waals surface area contributed by atoms with Crippen molar-refractivity contribution in [1.82, 2.24) is 4.57 Å². The first-order valence-electron chi connectivity index (χ1n) is 6.91. The zero-order valence-electron chi connectivity index (χ0n) is 12.6. The van der Waals surface area contributed by atoms with Crippen LogP contribution in [0.2, 0.25) is 0 Å². The van der Waals surface area contributed by atoms with Gasteiger partial charge in [-0.3, -0.25) is 4.79 Å². The van der Waals surface area contributed by atoms with E-state index in [1.165, 1.54) is 28.7 Å². The van der Waals surface area contributed by atoms with Crippen LogP contribution in [-0.4, -0.2) is 21.4 Å². The number of aromatic nitrogens is 1. The van der Waals surface area contributed by atoms with Gasteiger partial charge in [0.25, 0.3) is 0 Å². The fraction of sp³-hybridized carbons (Fsp3) is 0.250. The maximum Gasteiger partial charge on any atom is 0.416 e. The molecule has 1 heterocycles. The molecule has 1 aromatic heterocycles. The van der Waals surface area contributed by atoms with E-state index in [0.717, 1.165) is 12.1 Å². The van der Waals surface area contributed by atoms with Gasteiger partial charge in [0.2, 0.25) is 0 Å². The van der Waals surface area contributed by atoms with Crippen LogP contribution in [0, 0.1) is 11.3 Å².